The molecule has 0 aromatic heterocycles. The molecule has 1 fully saturated rings. The summed E-state index contributed by atoms with van der Waals surface area (Å²) < 4.78 is 5.02. The van der Waals surface area contributed by atoms with E-state index in [0.717, 1.165) is 24.0 Å². The molecule has 0 amide bonds. The lowest BCUT2D eigenvalue weighted by Crippen LogP contribution is -2.33. The second-order valence-corrected chi connectivity index (χ2v) is 4.04. The summed E-state index contributed by atoms with van der Waals surface area (Å²) in [5.74, 6) is 0.526. The van der Waals surface area contributed by atoms with E-state index in [-0.39, 0.29) is 0 Å². The highest BCUT2D eigenvalue weighted by molar-refractivity contribution is 6.59. The fourth-order valence-corrected chi connectivity index (χ4v) is 1.87. The van der Waals surface area contributed by atoms with Crippen molar-refractivity contribution in [2.45, 2.75) is 25.4 Å². The molecule has 0 unspecified atom stereocenters. The van der Waals surface area contributed by atoms with Gasteiger partial charge in [0.05, 0.1) is 6.61 Å². The fraction of sp³-hybridized carbons (Fsp3) is 0.455. The Morgan fingerprint density at radius 1 is 1.40 bits per heavy atom. The highest BCUT2D eigenvalue weighted by Gasteiger charge is 2.29. The lowest BCUT2D eigenvalue weighted by atomic mass is 9.75. The second kappa shape index (κ2) is 4.35. The van der Waals surface area contributed by atoms with Crippen molar-refractivity contribution in [3.63, 3.8) is 0 Å². The SMILES string of the molecule is COCc1ccc(C2CC2)c(B(O)O)c1. The summed E-state index contributed by atoms with van der Waals surface area (Å²) in [4.78, 5) is 0. The highest BCUT2D eigenvalue weighted by atomic mass is 16.5. The fourth-order valence-electron chi connectivity index (χ4n) is 1.87. The molecule has 1 aromatic rings. The molecule has 80 valence electrons. The molecule has 15 heavy (non-hydrogen) atoms. The van der Waals surface area contributed by atoms with Gasteiger partial charge < -0.3 is 14.8 Å². The lowest BCUT2D eigenvalue weighted by molar-refractivity contribution is 0.185. The summed E-state index contributed by atoms with van der Waals surface area (Å²) in [6.45, 7) is 0.505. The number of benzene rings is 1. The van der Waals surface area contributed by atoms with Crippen molar-refractivity contribution < 1.29 is 14.8 Å². The molecule has 1 aromatic carbocycles. The third-order valence-corrected chi connectivity index (χ3v) is 2.76. The van der Waals surface area contributed by atoms with Crippen LogP contribution in [-0.4, -0.2) is 24.3 Å². The van der Waals surface area contributed by atoms with Gasteiger partial charge in [-0.15, -0.1) is 0 Å². The van der Waals surface area contributed by atoms with Gasteiger partial charge in [-0.3, -0.25) is 0 Å². The molecule has 1 aliphatic rings. The number of hydrogen-bond acceptors (Lipinski definition) is 3. The van der Waals surface area contributed by atoms with Crippen LogP contribution in [0.1, 0.15) is 29.9 Å². The first kappa shape index (κ1) is 10.7. The van der Waals surface area contributed by atoms with Gasteiger partial charge in [0.1, 0.15) is 0 Å². The minimum Gasteiger partial charge on any atom is -0.423 e. The van der Waals surface area contributed by atoms with Crippen molar-refractivity contribution in [3.8, 4) is 0 Å². The summed E-state index contributed by atoms with van der Waals surface area (Å²) in [7, 11) is 0.251. The van der Waals surface area contributed by atoms with Crippen LogP contribution in [0.3, 0.4) is 0 Å². The van der Waals surface area contributed by atoms with Crippen molar-refractivity contribution >= 4 is 12.6 Å². The standard InChI is InChI=1S/C11H15BO3/c1-15-7-8-2-5-10(9-3-4-9)11(6-8)12(13)14/h2,5-6,9,13-14H,3-4,7H2,1H3. The maximum Gasteiger partial charge on any atom is 0.488 e. The van der Waals surface area contributed by atoms with Crippen molar-refractivity contribution in [2.75, 3.05) is 7.11 Å². The number of ether oxygens (including phenoxy) is 1. The predicted molar refractivity (Wildman–Crippen MR) is 59.0 cm³/mol. The van der Waals surface area contributed by atoms with Crippen LogP contribution in [-0.2, 0) is 11.3 Å². The van der Waals surface area contributed by atoms with Gasteiger partial charge >= 0.3 is 7.12 Å². The Bertz CT molecular complexity index is 348. The van der Waals surface area contributed by atoms with Gasteiger partial charge in [-0.1, -0.05) is 18.2 Å². The highest BCUT2D eigenvalue weighted by Crippen LogP contribution is 2.39. The molecule has 4 heteroatoms. The number of rotatable bonds is 4. The molecule has 0 bridgehead atoms. The van der Waals surface area contributed by atoms with Crippen LogP contribution in [0.4, 0.5) is 0 Å². The monoisotopic (exact) mass is 206 g/mol. The zero-order valence-electron chi connectivity index (χ0n) is 8.81. The Morgan fingerprint density at radius 2 is 2.13 bits per heavy atom. The molecule has 3 nitrogen and oxygen atoms in total. The average Bonchev–Trinajstić information content (AvgIpc) is 3.01. The lowest BCUT2D eigenvalue weighted by Gasteiger charge is -2.10. The van der Waals surface area contributed by atoms with Crippen molar-refractivity contribution in [1.82, 2.24) is 0 Å². The van der Waals surface area contributed by atoms with E-state index in [0.29, 0.717) is 18.0 Å². The van der Waals surface area contributed by atoms with E-state index in [2.05, 4.69) is 0 Å². The van der Waals surface area contributed by atoms with Crippen LogP contribution >= 0.6 is 0 Å². The van der Waals surface area contributed by atoms with E-state index in [1.165, 1.54) is 0 Å². The first-order valence-corrected chi connectivity index (χ1v) is 5.20. The smallest absolute Gasteiger partial charge is 0.423 e. The van der Waals surface area contributed by atoms with Crippen LogP contribution in [0.5, 0.6) is 0 Å². The first-order chi connectivity index (χ1) is 7.22. The van der Waals surface area contributed by atoms with Gasteiger partial charge in [-0.2, -0.15) is 0 Å². The third-order valence-electron chi connectivity index (χ3n) is 2.76. The zero-order chi connectivity index (χ0) is 10.8. The Kier molecular flexibility index (Phi) is 3.10. The van der Waals surface area contributed by atoms with E-state index in [1.54, 1.807) is 7.11 Å². The van der Waals surface area contributed by atoms with Crippen molar-refractivity contribution in [2.24, 2.45) is 0 Å². The summed E-state index contributed by atoms with van der Waals surface area (Å²) in [5.41, 5.74) is 2.68. The third kappa shape index (κ3) is 2.40. The largest absolute Gasteiger partial charge is 0.488 e. The van der Waals surface area contributed by atoms with Crippen LogP contribution in [0.25, 0.3) is 0 Å². The summed E-state index contributed by atoms with van der Waals surface area (Å²) in [6.07, 6.45) is 2.31. The van der Waals surface area contributed by atoms with Crippen LogP contribution < -0.4 is 5.46 Å². The Hall–Kier alpha value is -0.835. The molecule has 0 saturated heterocycles. The van der Waals surface area contributed by atoms with Crippen LogP contribution in [0.15, 0.2) is 18.2 Å². The van der Waals surface area contributed by atoms with Gasteiger partial charge in [-0.25, -0.2) is 0 Å². The Morgan fingerprint density at radius 3 is 2.67 bits per heavy atom. The van der Waals surface area contributed by atoms with E-state index in [1.807, 2.05) is 18.2 Å². The zero-order valence-corrected chi connectivity index (χ0v) is 8.81. The molecular formula is C11H15BO3. The van der Waals surface area contributed by atoms with Gasteiger partial charge in [0.15, 0.2) is 0 Å². The van der Waals surface area contributed by atoms with Gasteiger partial charge in [0.2, 0.25) is 0 Å². The molecule has 0 spiro atoms. The van der Waals surface area contributed by atoms with E-state index >= 15 is 0 Å². The van der Waals surface area contributed by atoms with Crippen LogP contribution in [0.2, 0.25) is 0 Å². The maximum absolute atomic E-state index is 9.29. The van der Waals surface area contributed by atoms with Crippen LogP contribution in [0, 0.1) is 0 Å². The minimum absolute atomic E-state index is 0.505. The van der Waals surface area contributed by atoms with Gasteiger partial charge in [0, 0.05) is 7.11 Å². The quantitative estimate of drug-likeness (QED) is 0.700. The normalized spacial score (nSPS) is 15.4. The van der Waals surface area contributed by atoms with Crippen molar-refractivity contribution in [1.29, 1.82) is 0 Å². The average molecular weight is 206 g/mol. The summed E-state index contributed by atoms with van der Waals surface area (Å²) in [6, 6.07) is 5.80. The van der Waals surface area contributed by atoms with E-state index in [9.17, 15) is 10.0 Å². The molecule has 1 saturated carbocycles. The minimum atomic E-state index is -1.38. The molecular weight excluding hydrogens is 191 g/mol. The van der Waals surface area contributed by atoms with E-state index in [4.69, 9.17) is 4.74 Å². The Labute approximate surface area is 89.8 Å². The van der Waals surface area contributed by atoms with Gasteiger partial charge in [-0.05, 0) is 35.3 Å². The molecule has 0 aliphatic heterocycles. The molecule has 2 N–H and O–H groups in total. The van der Waals surface area contributed by atoms with E-state index < -0.39 is 7.12 Å². The van der Waals surface area contributed by atoms with Gasteiger partial charge in [0.25, 0.3) is 0 Å². The summed E-state index contributed by atoms with van der Waals surface area (Å²) in [5, 5.41) is 18.6. The Balaban J connectivity index is 2.30. The maximum atomic E-state index is 9.29. The predicted octanol–water partition coefficient (Wildman–Crippen LogP) is 0.390. The molecule has 2 rings (SSSR count). The second-order valence-electron chi connectivity index (χ2n) is 4.04. The first-order valence-electron chi connectivity index (χ1n) is 5.20. The molecule has 0 heterocycles. The van der Waals surface area contributed by atoms with Crippen molar-refractivity contribution in [3.05, 3.63) is 29.3 Å². The molecule has 0 atom stereocenters. The summed E-state index contributed by atoms with van der Waals surface area (Å²) >= 11 is 0. The molecule has 0 radical (unpaired) electrons. The topological polar surface area (TPSA) is 49.7 Å². The number of methoxy groups -OCH3 is 1. The number of hydrogen-bond donors (Lipinski definition) is 2. The molecule has 1 aliphatic carbocycles.